The van der Waals surface area contributed by atoms with Gasteiger partial charge in [-0.2, -0.15) is 15.0 Å². The number of nitrogens with one attached hydrogen (secondary N) is 1. The predicted octanol–water partition coefficient (Wildman–Crippen LogP) is 2.95. The highest BCUT2D eigenvalue weighted by molar-refractivity contribution is 6.28. The average Bonchev–Trinajstić information content (AvgIpc) is 2.99. The molecule has 0 spiro atoms. The van der Waals surface area contributed by atoms with Gasteiger partial charge in [-0.15, -0.1) is 0 Å². The number of halogens is 1. The molecule has 3 rings (SSSR count). The van der Waals surface area contributed by atoms with Crippen molar-refractivity contribution in [2.24, 2.45) is 11.8 Å². The Morgan fingerprint density at radius 3 is 3.00 bits per heavy atom. The summed E-state index contributed by atoms with van der Waals surface area (Å²) < 4.78 is 1.71. The molecule has 1 aliphatic carbocycles. The highest BCUT2D eigenvalue weighted by Gasteiger charge is 2.19. The van der Waals surface area contributed by atoms with Gasteiger partial charge in [0, 0.05) is 18.9 Å². The Morgan fingerprint density at radius 1 is 1.33 bits per heavy atom. The number of hydrogen-bond donors (Lipinski definition) is 1. The van der Waals surface area contributed by atoms with E-state index < -0.39 is 0 Å². The number of anilines is 1. The van der Waals surface area contributed by atoms with E-state index in [0.717, 1.165) is 12.5 Å². The standard InChI is InChI=1S/C14H19ClN6/c1-10-3-2-4-11(7-10)8-17-13-18-12(15)19-14(20-13)21-6-5-16-9-21/h5-6,9-11H,2-4,7-8H2,1H3,(H,17,18,19,20). The van der Waals surface area contributed by atoms with Gasteiger partial charge in [0.1, 0.15) is 6.33 Å². The van der Waals surface area contributed by atoms with Crippen molar-refractivity contribution in [3.63, 3.8) is 0 Å². The van der Waals surface area contributed by atoms with Crippen molar-refractivity contribution in [3.8, 4) is 5.95 Å². The lowest BCUT2D eigenvalue weighted by molar-refractivity contribution is 0.293. The van der Waals surface area contributed by atoms with Crippen LogP contribution in [-0.4, -0.2) is 31.0 Å². The maximum absolute atomic E-state index is 5.98. The van der Waals surface area contributed by atoms with Crippen LogP contribution in [0, 0.1) is 11.8 Å². The van der Waals surface area contributed by atoms with Crippen LogP contribution in [0.2, 0.25) is 5.28 Å². The first-order chi connectivity index (χ1) is 10.2. The van der Waals surface area contributed by atoms with E-state index >= 15 is 0 Å². The van der Waals surface area contributed by atoms with E-state index in [2.05, 4.69) is 32.2 Å². The molecule has 1 N–H and O–H groups in total. The van der Waals surface area contributed by atoms with Crippen LogP contribution < -0.4 is 5.32 Å². The van der Waals surface area contributed by atoms with Gasteiger partial charge in [-0.3, -0.25) is 4.57 Å². The van der Waals surface area contributed by atoms with Gasteiger partial charge in [-0.1, -0.05) is 19.8 Å². The summed E-state index contributed by atoms with van der Waals surface area (Å²) in [5.41, 5.74) is 0. The van der Waals surface area contributed by atoms with Crippen LogP contribution in [0.3, 0.4) is 0 Å². The molecule has 2 heterocycles. The van der Waals surface area contributed by atoms with Crippen LogP contribution in [0.4, 0.5) is 5.95 Å². The number of hydrogen-bond acceptors (Lipinski definition) is 5. The van der Waals surface area contributed by atoms with Gasteiger partial charge in [-0.25, -0.2) is 4.98 Å². The van der Waals surface area contributed by atoms with Gasteiger partial charge in [0.05, 0.1) is 0 Å². The zero-order valence-electron chi connectivity index (χ0n) is 12.0. The molecular weight excluding hydrogens is 288 g/mol. The number of aromatic nitrogens is 5. The topological polar surface area (TPSA) is 68.5 Å². The monoisotopic (exact) mass is 306 g/mol. The lowest BCUT2D eigenvalue weighted by Crippen LogP contribution is -2.22. The molecule has 1 aliphatic rings. The molecule has 2 unspecified atom stereocenters. The van der Waals surface area contributed by atoms with Crippen LogP contribution >= 0.6 is 11.6 Å². The summed E-state index contributed by atoms with van der Waals surface area (Å²) in [4.78, 5) is 16.6. The first-order valence-electron chi connectivity index (χ1n) is 7.34. The summed E-state index contributed by atoms with van der Waals surface area (Å²) in [5, 5.41) is 3.49. The lowest BCUT2D eigenvalue weighted by Gasteiger charge is -2.26. The highest BCUT2D eigenvalue weighted by atomic mass is 35.5. The Hall–Kier alpha value is -1.69. The third kappa shape index (κ3) is 3.69. The fourth-order valence-electron chi connectivity index (χ4n) is 2.89. The fraction of sp³-hybridized carbons (Fsp3) is 0.571. The summed E-state index contributed by atoms with van der Waals surface area (Å²) in [5.74, 6) is 2.50. The summed E-state index contributed by atoms with van der Waals surface area (Å²) in [6, 6.07) is 0. The number of rotatable bonds is 4. The van der Waals surface area contributed by atoms with Gasteiger partial charge < -0.3 is 5.32 Å². The second-order valence-electron chi connectivity index (χ2n) is 5.72. The molecule has 0 bridgehead atoms. The molecule has 0 amide bonds. The van der Waals surface area contributed by atoms with E-state index in [4.69, 9.17) is 11.6 Å². The molecular formula is C14H19ClN6. The van der Waals surface area contributed by atoms with Crippen molar-refractivity contribution < 1.29 is 0 Å². The Morgan fingerprint density at radius 2 is 2.24 bits per heavy atom. The Bertz CT molecular complexity index is 585. The number of nitrogens with zero attached hydrogens (tertiary/aromatic N) is 5. The van der Waals surface area contributed by atoms with Crippen molar-refractivity contribution in [2.75, 3.05) is 11.9 Å². The molecule has 0 aliphatic heterocycles. The zero-order valence-corrected chi connectivity index (χ0v) is 12.8. The molecule has 0 aromatic carbocycles. The molecule has 1 saturated carbocycles. The Kier molecular flexibility index (Phi) is 4.34. The highest BCUT2D eigenvalue weighted by Crippen LogP contribution is 2.28. The zero-order chi connectivity index (χ0) is 14.7. The number of imidazole rings is 1. The van der Waals surface area contributed by atoms with Crippen LogP contribution in [0.1, 0.15) is 32.6 Å². The van der Waals surface area contributed by atoms with E-state index in [1.54, 1.807) is 23.3 Å². The van der Waals surface area contributed by atoms with Crippen molar-refractivity contribution >= 4 is 17.5 Å². The smallest absolute Gasteiger partial charge is 0.241 e. The molecule has 0 radical (unpaired) electrons. The van der Waals surface area contributed by atoms with E-state index in [-0.39, 0.29) is 5.28 Å². The quantitative estimate of drug-likeness (QED) is 0.940. The van der Waals surface area contributed by atoms with Gasteiger partial charge in [0.2, 0.25) is 17.2 Å². The van der Waals surface area contributed by atoms with E-state index in [9.17, 15) is 0 Å². The van der Waals surface area contributed by atoms with Gasteiger partial charge in [-0.05, 0) is 36.3 Å². The molecule has 2 aromatic heterocycles. The molecule has 2 aromatic rings. The van der Waals surface area contributed by atoms with Crippen molar-refractivity contribution in [2.45, 2.75) is 32.6 Å². The third-order valence-corrected chi connectivity index (χ3v) is 4.09. The Balaban J connectivity index is 1.68. The second kappa shape index (κ2) is 6.39. The minimum absolute atomic E-state index is 0.188. The lowest BCUT2D eigenvalue weighted by atomic mass is 9.82. The SMILES string of the molecule is CC1CCCC(CNc2nc(Cl)nc(-n3ccnc3)n2)C1. The first-order valence-corrected chi connectivity index (χ1v) is 7.72. The molecule has 7 heteroatoms. The van der Waals surface area contributed by atoms with E-state index in [1.165, 1.54) is 25.7 Å². The molecule has 0 saturated heterocycles. The normalized spacial score (nSPS) is 22.2. The van der Waals surface area contributed by atoms with Crippen LogP contribution in [0.15, 0.2) is 18.7 Å². The maximum Gasteiger partial charge on any atom is 0.241 e. The van der Waals surface area contributed by atoms with Crippen LogP contribution in [-0.2, 0) is 0 Å². The molecule has 112 valence electrons. The van der Waals surface area contributed by atoms with Crippen LogP contribution in [0.25, 0.3) is 5.95 Å². The van der Waals surface area contributed by atoms with Gasteiger partial charge >= 0.3 is 0 Å². The summed E-state index contributed by atoms with van der Waals surface area (Å²) in [7, 11) is 0. The minimum Gasteiger partial charge on any atom is -0.354 e. The average molecular weight is 307 g/mol. The first kappa shape index (κ1) is 14.3. The maximum atomic E-state index is 5.98. The molecule has 6 nitrogen and oxygen atoms in total. The van der Waals surface area contributed by atoms with Crippen LogP contribution in [0.5, 0.6) is 0 Å². The molecule has 21 heavy (non-hydrogen) atoms. The summed E-state index contributed by atoms with van der Waals surface area (Å²) in [6.07, 6.45) is 10.3. The largest absolute Gasteiger partial charge is 0.354 e. The predicted molar refractivity (Wildman–Crippen MR) is 81.6 cm³/mol. The van der Waals surface area contributed by atoms with Gasteiger partial charge in [0.15, 0.2) is 0 Å². The molecule has 2 atom stereocenters. The fourth-order valence-corrected chi connectivity index (χ4v) is 3.05. The summed E-state index contributed by atoms with van der Waals surface area (Å²) >= 11 is 5.98. The molecule has 1 fully saturated rings. The Labute approximate surface area is 129 Å². The van der Waals surface area contributed by atoms with E-state index in [1.807, 2.05) is 0 Å². The second-order valence-corrected chi connectivity index (χ2v) is 6.05. The van der Waals surface area contributed by atoms with Crippen molar-refractivity contribution in [3.05, 3.63) is 24.0 Å². The third-order valence-electron chi connectivity index (χ3n) is 3.93. The van der Waals surface area contributed by atoms with E-state index in [0.29, 0.717) is 17.8 Å². The minimum atomic E-state index is 0.188. The summed E-state index contributed by atoms with van der Waals surface area (Å²) in [6.45, 7) is 3.21. The van der Waals surface area contributed by atoms with Crippen molar-refractivity contribution in [1.29, 1.82) is 0 Å². The van der Waals surface area contributed by atoms with Crippen molar-refractivity contribution in [1.82, 2.24) is 24.5 Å². The van der Waals surface area contributed by atoms with Gasteiger partial charge in [0.25, 0.3) is 0 Å².